The monoisotopic (exact) mass is 443 g/mol. The van der Waals surface area contributed by atoms with Crippen molar-refractivity contribution in [2.75, 3.05) is 13.6 Å². The molecule has 4 heterocycles. The number of hydrogen-bond donors (Lipinski definition) is 2. The first-order valence-corrected chi connectivity index (χ1v) is 11.6. The Morgan fingerprint density at radius 3 is 3.13 bits per heavy atom. The van der Waals surface area contributed by atoms with E-state index in [1.54, 1.807) is 28.4 Å². The molecule has 9 heteroatoms. The van der Waals surface area contributed by atoms with Crippen molar-refractivity contribution in [1.29, 1.82) is 0 Å². The van der Waals surface area contributed by atoms with Gasteiger partial charge in [0.05, 0.1) is 10.4 Å². The van der Waals surface area contributed by atoms with Crippen molar-refractivity contribution < 1.29 is 9.18 Å². The second-order valence-corrected chi connectivity index (χ2v) is 9.57. The first-order chi connectivity index (χ1) is 14.6. The molecule has 5 rings (SSSR count). The van der Waals surface area contributed by atoms with Crippen molar-refractivity contribution >= 4 is 43.9 Å². The molecule has 1 aliphatic heterocycles. The van der Waals surface area contributed by atoms with E-state index in [1.165, 1.54) is 17.4 Å². The van der Waals surface area contributed by atoms with Gasteiger partial charge in [0, 0.05) is 37.3 Å². The number of fused-ring (bicyclic) bond motifs is 3. The Morgan fingerprint density at radius 1 is 1.37 bits per heavy atom. The molecular weight excluding hydrogens is 421 g/mol. The van der Waals surface area contributed by atoms with E-state index in [0.717, 1.165) is 45.0 Å². The minimum atomic E-state index is -0.209. The van der Waals surface area contributed by atoms with Crippen molar-refractivity contribution in [2.24, 2.45) is 0 Å². The van der Waals surface area contributed by atoms with E-state index < -0.39 is 0 Å². The molecule has 2 N–H and O–H groups in total. The highest BCUT2D eigenvalue weighted by molar-refractivity contribution is 7.21. The molecular formula is C21H22FN5OS2. The fourth-order valence-corrected chi connectivity index (χ4v) is 5.77. The molecule has 0 bridgehead atoms. The summed E-state index contributed by atoms with van der Waals surface area (Å²) in [6.45, 7) is 0.693. The van der Waals surface area contributed by atoms with Gasteiger partial charge in [-0.2, -0.15) is 0 Å². The Bertz CT molecular complexity index is 1200. The fourth-order valence-electron chi connectivity index (χ4n) is 3.97. The molecule has 1 fully saturated rings. The van der Waals surface area contributed by atoms with E-state index in [0.29, 0.717) is 12.6 Å². The Labute approximate surface area is 181 Å². The third-order valence-corrected chi connectivity index (χ3v) is 7.34. The van der Waals surface area contributed by atoms with E-state index in [9.17, 15) is 9.18 Å². The smallest absolute Gasteiger partial charge is 0.263 e. The molecule has 0 saturated carbocycles. The lowest BCUT2D eigenvalue weighted by Crippen LogP contribution is -2.32. The molecule has 4 aromatic rings. The van der Waals surface area contributed by atoms with Gasteiger partial charge in [-0.25, -0.2) is 9.37 Å². The quantitative estimate of drug-likeness (QED) is 0.469. The number of rotatable bonds is 6. The Balaban J connectivity index is 1.14. The van der Waals surface area contributed by atoms with Crippen molar-refractivity contribution in [2.45, 2.75) is 31.3 Å². The molecule has 1 amide bonds. The lowest BCUT2D eigenvalue weighted by Gasteiger charge is -2.17. The van der Waals surface area contributed by atoms with Crippen LogP contribution < -0.4 is 10.9 Å². The lowest BCUT2D eigenvalue weighted by molar-refractivity contribution is 0.0796. The van der Waals surface area contributed by atoms with Gasteiger partial charge in [0.1, 0.15) is 10.6 Å². The summed E-state index contributed by atoms with van der Waals surface area (Å²) in [4.78, 5) is 21.8. The first kappa shape index (κ1) is 19.6. The zero-order valence-corrected chi connectivity index (χ0v) is 18.1. The number of carbonyl (C=O) groups excluding carboxylic acids is 1. The Kier molecular flexibility index (Phi) is 5.28. The highest BCUT2D eigenvalue weighted by Crippen LogP contribution is 2.29. The normalized spacial score (nSPS) is 19.1. The van der Waals surface area contributed by atoms with E-state index in [-0.39, 0.29) is 17.8 Å². The third kappa shape index (κ3) is 3.74. The summed E-state index contributed by atoms with van der Waals surface area (Å²) in [5.41, 5.74) is 8.52. The minimum Gasteiger partial charge on any atom is -0.341 e. The standard InChI is InChI=1S/C21H22FN5OS2/c1-26(20(28)18-12-17-19(30-18)23-21-27(17)8-9-29-21)7-3-6-15-11-16(25-24-15)13-4-2-5-14(22)10-13/h2,4-5,8-10,12,15-16,24-25H,3,6-7,11H2,1H3. The number of thiophene rings is 1. The van der Waals surface area contributed by atoms with Crippen LogP contribution in [0.1, 0.15) is 40.5 Å². The summed E-state index contributed by atoms with van der Waals surface area (Å²) in [6.07, 6.45) is 4.73. The summed E-state index contributed by atoms with van der Waals surface area (Å²) in [5, 5.41) is 2.00. The maximum Gasteiger partial charge on any atom is 0.263 e. The largest absolute Gasteiger partial charge is 0.341 e. The lowest BCUT2D eigenvalue weighted by atomic mass is 9.99. The second kappa shape index (κ2) is 8.07. The van der Waals surface area contributed by atoms with Crippen molar-refractivity contribution in [1.82, 2.24) is 25.1 Å². The maximum absolute atomic E-state index is 13.4. The van der Waals surface area contributed by atoms with Gasteiger partial charge in [-0.1, -0.05) is 12.1 Å². The van der Waals surface area contributed by atoms with Crippen LogP contribution in [0, 0.1) is 5.82 Å². The van der Waals surface area contributed by atoms with Gasteiger partial charge in [0.25, 0.3) is 5.91 Å². The molecule has 0 spiro atoms. The number of hydrazine groups is 1. The number of halogens is 1. The summed E-state index contributed by atoms with van der Waals surface area (Å²) in [6, 6.07) is 9.09. The average molecular weight is 444 g/mol. The SMILES string of the molecule is CN(CCCC1CC(c2cccc(F)c2)NN1)C(=O)c1cc2c(nc3sccn32)s1. The van der Waals surface area contributed by atoms with Crippen LogP contribution in [-0.4, -0.2) is 39.8 Å². The number of nitrogens with zero attached hydrogens (tertiary/aromatic N) is 3. The van der Waals surface area contributed by atoms with Crippen molar-refractivity contribution in [3.63, 3.8) is 0 Å². The summed E-state index contributed by atoms with van der Waals surface area (Å²) < 4.78 is 15.5. The molecule has 156 valence electrons. The highest BCUT2D eigenvalue weighted by Gasteiger charge is 2.25. The molecule has 30 heavy (non-hydrogen) atoms. The average Bonchev–Trinajstić information content (AvgIpc) is 3.49. The number of nitrogens with one attached hydrogen (secondary N) is 2. The molecule has 0 aliphatic carbocycles. The molecule has 2 atom stereocenters. The van der Waals surface area contributed by atoms with E-state index in [2.05, 4.69) is 15.8 Å². The van der Waals surface area contributed by atoms with E-state index in [1.807, 2.05) is 35.2 Å². The number of benzene rings is 1. The van der Waals surface area contributed by atoms with Gasteiger partial charge < -0.3 is 4.90 Å². The number of thiazole rings is 1. The predicted octanol–water partition coefficient (Wildman–Crippen LogP) is 4.21. The molecule has 1 aromatic carbocycles. The van der Waals surface area contributed by atoms with Crippen molar-refractivity contribution in [3.05, 3.63) is 58.2 Å². The third-order valence-electron chi connectivity index (χ3n) is 5.58. The maximum atomic E-state index is 13.4. The molecule has 6 nitrogen and oxygen atoms in total. The Morgan fingerprint density at radius 2 is 2.27 bits per heavy atom. The number of aromatic nitrogens is 2. The fraction of sp³-hybridized carbons (Fsp3) is 0.333. The number of hydrogen-bond acceptors (Lipinski definition) is 6. The number of amides is 1. The first-order valence-electron chi connectivity index (χ1n) is 9.95. The topological polar surface area (TPSA) is 61.7 Å². The zero-order valence-electron chi connectivity index (χ0n) is 16.5. The van der Waals surface area contributed by atoms with E-state index in [4.69, 9.17) is 0 Å². The summed E-state index contributed by atoms with van der Waals surface area (Å²) >= 11 is 3.05. The molecule has 1 saturated heterocycles. The van der Waals surface area contributed by atoms with Crippen LogP contribution in [0.4, 0.5) is 4.39 Å². The van der Waals surface area contributed by atoms with Gasteiger partial charge in [0.15, 0.2) is 4.96 Å². The summed E-state index contributed by atoms with van der Waals surface area (Å²) in [7, 11) is 1.85. The van der Waals surface area contributed by atoms with E-state index >= 15 is 0 Å². The van der Waals surface area contributed by atoms with Crippen LogP contribution in [0.5, 0.6) is 0 Å². The van der Waals surface area contributed by atoms with Crippen LogP contribution in [0.25, 0.3) is 15.3 Å². The van der Waals surface area contributed by atoms with Gasteiger partial charge in [-0.05, 0) is 43.0 Å². The summed E-state index contributed by atoms with van der Waals surface area (Å²) in [5.74, 6) is -0.170. The van der Waals surface area contributed by atoms with Gasteiger partial charge in [-0.3, -0.25) is 20.0 Å². The highest BCUT2D eigenvalue weighted by atomic mass is 32.1. The van der Waals surface area contributed by atoms with Crippen molar-refractivity contribution in [3.8, 4) is 0 Å². The van der Waals surface area contributed by atoms with Gasteiger partial charge in [0.2, 0.25) is 0 Å². The van der Waals surface area contributed by atoms with Crippen LogP contribution in [0.3, 0.4) is 0 Å². The van der Waals surface area contributed by atoms with Gasteiger partial charge in [-0.15, -0.1) is 22.7 Å². The Hall–Kier alpha value is -2.33. The zero-order chi connectivity index (χ0) is 20.7. The van der Waals surface area contributed by atoms with Crippen LogP contribution in [-0.2, 0) is 0 Å². The van der Waals surface area contributed by atoms with Crippen LogP contribution in [0.2, 0.25) is 0 Å². The molecule has 0 radical (unpaired) electrons. The predicted molar refractivity (Wildman–Crippen MR) is 118 cm³/mol. The molecule has 3 aromatic heterocycles. The van der Waals surface area contributed by atoms with Crippen LogP contribution >= 0.6 is 22.7 Å². The second-order valence-electron chi connectivity index (χ2n) is 7.67. The molecule has 2 unspecified atom stereocenters. The van der Waals surface area contributed by atoms with Gasteiger partial charge >= 0.3 is 0 Å². The number of imidazole rings is 1. The van der Waals surface area contributed by atoms with Crippen LogP contribution in [0.15, 0.2) is 41.9 Å². The minimum absolute atomic E-state index is 0.0390. The number of carbonyl (C=O) groups is 1. The molecule has 1 aliphatic rings.